The molecule has 1 aromatic carbocycles. The monoisotopic (exact) mass is 310 g/mol. The van der Waals surface area contributed by atoms with E-state index in [4.69, 9.17) is 4.74 Å². The Morgan fingerprint density at radius 1 is 1.39 bits per heavy atom. The number of allylic oxidation sites excluding steroid dienone is 1. The molecule has 3 heteroatoms. The van der Waals surface area contributed by atoms with Crippen molar-refractivity contribution in [1.29, 1.82) is 0 Å². The Morgan fingerprint density at radius 3 is 2.94 bits per heavy atom. The lowest BCUT2D eigenvalue weighted by Gasteiger charge is -2.09. The van der Waals surface area contributed by atoms with Crippen LogP contribution in [0.15, 0.2) is 34.3 Å². The van der Waals surface area contributed by atoms with Crippen molar-refractivity contribution in [1.82, 2.24) is 0 Å². The van der Waals surface area contributed by atoms with Gasteiger partial charge in [0.05, 0.1) is 17.7 Å². The number of hydrogen-bond donors (Lipinski definition) is 1. The summed E-state index contributed by atoms with van der Waals surface area (Å²) in [6.07, 6.45) is 6.99. The Morgan fingerprint density at radius 2 is 2.22 bits per heavy atom. The molecule has 1 aliphatic carbocycles. The first kappa shape index (κ1) is 13.6. The largest absolute Gasteiger partial charge is 0.496 e. The highest BCUT2D eigenvalue weighted by atomic mass is 79.9. The molecule has 1 aliphatic rings. The summed E-state index contributed by atoms with van der Waals surface area (Å²) in [7, 11) is 1.67. The predicted octanol–water partition coefficient (Wildman–Crippen LogP) is 3.86. The van der Waals surface area contributed by atoms with E-state index in [2.05, 4.69) is 28.1 Å². The van der Waals surface area contributed by atoms with Crippen LogP contribution in [-0.4, -0.2) is 18.3 Å². The summed E-state index contributed by atoms with van der Waals surface area (Å²) < 4.78 is 6.21. The Labute approximate surface area is 117 Å². The van der Waals surface area contributed by atoms with Gasteiger partial charge < -0.3 is 9.84 Å². The number of ether oxygens (including phenoxy) is 1. The first-order valence-electron chi connectivity index (χ1n) is 6.39. The number of aliphatic hydroxyl groups excluding tert-OH is 1. The van der Waals surface area contributed by atoms with Crippen LogP contribution in [0, 0.1) is 0 Å². The van der Waals surface area contributed by atoms with E-state index in [0.29, 0.717) is 0 Å². The minimum atomic E-state index is -0.260. The van der Waals surface area contributed by atoms with E-state index in [1.807, 2.05) is 12.1 Å². The van der Waals surface area contributed by atoms with E-state index in [-0.39, 0.29) is 6.10 Å². The first-order valence-corrected chi connectivity index (χ1v) is 7.18. The van der Waals surface area contributed by atoms with Crippen molar-refractivity contribution in [2.75, 3.05) is 7.11 Å². The van der Waals surface area contributed by atoms with Crippen LogP contribution in [0.2, 0.25) is 0 Å². The molecule has 2 nitrogen and oxygen atoms in total. The molecule has 0 spiro atoms. The summed E-state index contributed by atoms with van der Waals surface area (Å²) in [6, 6.07) is 6.16. The fourth-order valence-corrected chi connectivity index (χ4v) is 2.96. The highest BCUT2D eigenvalue weighted by Gasteiger charge is 2.10. The van der Waals surface area contributed by atoms with Crippen molar-refractivity contribution in [3.63, 3.8) is 0 Å². The fraction of sp³-hybridized carbons (Fsp3) is 0.467. The van der Waals surface area contributed by atoms with Crippen molar-refractivity contribution in [2.45, 2.75) is 38.2 Å². The number of methoxy groups -OCH3 is 1. The van der Waals surface area contributed by atoms with Gasteiger partial charge in [-0.1, -0.05) is 24.1 Å². The molecule has 1 N–H and O–H groups in total. The van der Waals surface area contributed by atoms with Crippen molar-refractivity contribution >= 4 is 15.9 Å². The molecule has 0 bridgehead atoms. The third-order valence-electron chi connectivity index (χ3n) is 3.32. The number of benzene rings is 1. The van der Waals surface area contributed by atoms with Crippen LogP contribution < -0.4 is 4.74 Å². The zero-order valence-corrected chi connectivity index (χ0v) is 12.2. The van der Waals surface area contributed by atoms with Crippen LogP contribution >= 0.6 is 15.9 Å². The van der Waals surface area contributed by atoms with E-state index >= 15 is 0 Å². The van der Waals surface area contributed by atoms with Gasteiger partial charge >= 0.3 is 0 Å². The number of halogens is 1. The van der Waals surface area contributed by atoms with Crippen molar-refractivity contribution in [3.8, 4) is 5.75 Å². The van der Waals surface area contributed by atoms with Gasteiger partial charge in [0.15, 0.2) is 0 Å². The normalized spacial score (nSPS) is 20.2. The average molecular weight is 311 g/mol. The highest BCUT2D eigenvalue weighted by molar-refractivity contribution is 9.10. The summed E-state index contributed by atoms with van der Waals surface area (Å²) in [4.78, 5) is 0. The van der Waals surface area contributed by atoms with E-state index in [9.17, 15) is 5.11 Å². The third kappa shape index (κ3) is 3.59. The van der Waals surface area contributed by atoms with Gasteiger partial charge in [-0.2, -0.15) is 0 Å². The minimum Gasteiger partial charge on any atom is -0.496 e. The predicted molar refractivity (Wildman–Crippen MR) is 77.0 cm³/mol. The summed E-state index contributed by atoms with van der Waals surface area (Å²) in [5.41, 5.74) is 2.60. The van der Waals surface area contributed by atoms with Crippen LogP contribution in [0.4, 0.5) is 0 Å². The van der Waals surface area contributed by atoms with Gasteiger partial charge in [-0.25, -0.2) is 0 Å². The quantitative estimate of drug-likeness (QED) is 0.859. The molecule has 1 aromatic rings. The highest BCUT2D eigenvalue weighted by Crippen LogP contribution is 2.28. The Hall–Kier alpha value is -0.800. The standard InChI is InChI=1S/C15H19BrO2/c1-18-15-7-6-12(10-14(15)16)8-11-4-2-3-5-13(17)9-11/h6-7,9-10,13,17H,2-5,8H2,1H3. The molecule has 0 heterocycles. The van der Waals surface area contributed by atoms with Gasteiger partial charge in [0.2, 0.25) is 0 Å². The van der Waals surface area contributed by atoms with E-state index in [0.717, 1.165) is 35.9 Å². The lowest BCUT2D eigenvalue weighted by atomic mass is 10.0. The maximum Gasteiger partial charge on any atom is 0.133 e. The molecule has 0 radical (unpaired) electrons. The molecule has 2 rings (SSSR count). The van der Waals surface area contributed by atoms with Crippen LogP contribution in [-0.2, 0) is 6.42 Å². The second kappa shape index (κ2) is 6.39. The molecule has 0 amide bonds. The van der Waals surface area contributed by atoms with Crippen molar-refractivity contribution in [2.24, 2.45) is 0 Å². The van der Waals surface area contributed by atoms with Crippen molar-refractivity contribution in [3.05, 3.63) is 39.9 Å². The zero-order chi connectivity index (χ0) is 13.0. The van der Waals surface area contributed by atoms with Gasteiger partial charge in [0.1, 0.15) is 5.75 Å². The topological polar surface area (TPSA) is 29.5 Å². The Bertz CT molecular complexity index is 440. The smallest absolute Gasteiger partial charge is 0.133 e. The zero-order valence-electron chi connectivity index (χ0n) is 10.7. The molecular weight excluding hydrogens is 292 g/mol. The number of hydrogen-bond acceptors (Lipinski definition) is 2. The SMILES string of the molecule is COc1ccc(CC2=CC(O)CCCC2)cc1Br. The maximum atomic E-state index is 9.77. The fourth-order valence-electron chi connectivity index (χ4n) is 2.37. The lowest BCUT2D eigenvalue weighted by Crippen LogP contribution is -2.01. The van der Waals surface area contributed by atoms with Crippen LogP contribution in [0.3, 0.4) is 0 Å². The maximum absolute atomic E-state index is 9.77. The van der Waals surface area contributed by atoms with E-state index in [1.165, 1.54) is 17.6 Å². The van der Waals surface area contributed by atoms with Gasteiger partial charge in [0.25, 0.3) is 0 Å². The van der Waals surface area contributed by atoms with Gasteiger partial charge in [-0.05, 0) is 59.3 Å². The van der Waals surface area contributed by atoms with Gasteiger partial charge in [-0.15, -0.1) is 0 Å². The average Bonchev–Trinajstić information content (AvgIpc) is 2.54. The van der Waals surface area contributed by atoms with Crippen LogP contribution in [0.25, 0.3) is 0 Å². The molecule has 18 heavy (non-hydrogen) atoms. The minimum absolute atomic E-state index is 0.260. The molecular formula is C15H19BrO2. The van der Waals surface area contributed by atoms with Crippen LogP contribution in [0.5, 0.6) is 5.75 Å². The molecule has 0 aliphatic heterocycles. The Kier molecular flexibility index (Phi) is 4.84. The van der Waals surface area contributed by atoms with Gasteiger partial charge in [-0.3, -0.25) is 0 Å². The molecule has 0 fully saturated rings. The molecule has 98 valence electrons. The molecule has 0 aromatic heterocycles. The van der Waals surface area contributed by atoms with Gasteiger partial charge in [0, 0.05) is 0 Å². The Balaban J connectivity index is 2.11. The summed E-state index contributed by atoms with van der Waals surface area (Å²) in [6.45, 7) is 0. The summed E-state index contributed by atoms with van der Waals surface area (Å²) in [5, 5.41) is 9.77. The molecule has 0 saturated heterocycles. The molecule has 0 saturated carbocycles. The molecule has 1 atom stereocenters. The second-order valence-electron chi connectivity index (χ2n) is 4.78. The number of aliphatic hydroxyl groups is 1. The second-order valence-corrected chi connectivity index (χ2v) is 5.64. The van der Waals surface area contributed by atoms with E-state index < -0.39 is 0 Å². The van der Waals surface area contributed by atoms with E-state index in [1.54, 1.807) is 7.11 Å². The number of rotatable bonds is 3. The van der Waals surface area contributed by atoms with Crippen molar-refractivity contribution < 1.29 is 9.84 Å². The summed E-state index contributed by atoms with van der Waals surface area (Å²) in [5.74, 6) is 0.855. The lowest BCUT2D eigenvalue weighted by molar-refractivity contribution is 0.211. The van der Waals surface area contributed by atoms with Crippen LogP contribution in [0.1, 0.15) is 31.2 Å². The third-order valence-corrected chi connectivity index (χ3v) is 3.94. The first-order chi connectivity index (χ1) is 8.69. The summed E-state index contributed by atoms with van der Waals surface area (Å²) >= 11 is 3.51. The molecule has 1 unspecified atom stereocenters.